The summed E-state index contributed by atoms with van der Waals surface area (Å²) in [6, 6.07) is 9.37. The Morgan fingerprint density at radius 3 is 2.58 bits per heavy atom. The first kappa shape index (κ1) is 22.6. The van der Waals surface area contributed by atoms with Crippen LogP contribution in [0, 0.1) is 0 Å². The number of methoxy groups -OCH3 is 1. The highest BCUT2D eigenvalue weighted by Crippen LogP contribution is 2.35. The number of rotatable bonds is 8. The maximum Gasteiger partial charge on any atom is 0.416 e. The van der Waals surface area contributed by atoms with Crippen molar-refractivity contribution in [3.63, 3.8) is 0 Å². The van der Waals surface area contributed by atoms with Crippen molar-refractivity contribution in [2.45, 2.75) is 12.6 Å². The number of fused-ring (bicyclic) bond motifs is 1. The average molecular weight is 463 g/mol. The van der Waals surface area contributed by atoms with E-state index < -0.39 is 17.6 Å². The lowest BCUT2D eigenvalue weighted by Gasteiger charge is -2.22. The summed E-state index contributed by atoms with van der Waals surface area (Å²) in [5, 5.41) is 3.97. The van der Waals surface area contributed by atoms with Gasteiger partial charge in [0.15, 0.2) is 11.5 Å². The maximum absolute atomic E-state index is 12.9. The minimum atomic E-state index is -4.47. The highest BCUT2D eigenvalue weighted by molar-refractivity contribution is 5.94. The Labute approximate surface area is 186 Å². The second kappa shape index (κ2) is 9.49. The summed E-state index contributed by atoms with van der Waals surface area (Å²) in [4.78, 5) is 18.7. The fourth-order valence-corrected chi connectivity index (χ4v) is 3.24. The molecule has 1 aliphatic heterocycles. The van der Waals surface area contributed by atoms with Crippen molar-refractivity contribution in [1.82, 2.24) is 15.0 Å². The quantitative estimate of drug-likeness (QED) is 0.502. The molecule has 0 radical (unpaired) electrons. The van der Waals surface area contributed by atoms with Crippen LogP contribution < -0.4 is 9.47 Å². The Balaban J connectivity index is 1.43. The molecular weight excluding hydrogens is 443 g/mol. The largest absolute Gasteiger partial charge is 0.454 e. The summed E-state index contributed by atoms with van der Waals surface area (Å²) in [6.45, 7) is 0.880. The third-order valence-corrected chi connectivity index (χ3v) is 5.01. The molecular formula is C22H20F3N3O5. The van der Waals surface area contributed by atoms with Gasteiger partial charge >= 0.3 is 6.18 Å². The normalized spacial score (nSPS) is 12.7. The van der Waals surface area contributed by atoms with Gasteiger partial charge < -0.3 is 23.6 Å². The summed E-state index contributed by atoms with van der Waals surface area (Å²) in [7, 11) is 1.50. The van der Waals surface area contributed by atoms with E-state index in [0.29, 0.717) is 28.8 Å². The zero-order valence-electron chi connectivity index (χ0n) is 17.6. The summed E-state index contributed by atoms with van der Waals surface area (Å²) in [5.74, 6) is 1.48. The van der Waals surface area contributed by atoms with Gasteiger partial charge in [-0.15, -0.1) is 0 Å². The first-order chi connectivity index (χ1) is 15.8. The maximum atomic E-state index is 12.9. The average Bonchev–Trinajstić information content (AvgIpc) is 3.47. The van der Waals surface area contributed by atoms with E-state index in [2.05, 4.69) is 10.1 Å². The van der Waals surface area contributed by atoms with E-state index in [9.17, 15) is 18.0 Å². The fourth-order valence-electron chi connectivity index (χ4n) is 3.24. The number of halogens is 3. The van der Waals surface area contributed by atoms with Crippen LogP contribution in [0.1, 0.15) is 21.8 Å². The van der Waals surface area contributed by atoms with Crippen LogP contribution in [0.3, 0.4) is 0 Å². The second-order valence-electron chi connectivity index (χ2n) is 7.19. The number of ether oxygens (including phenoxy) is 3. The number of benzene rings is 2. The Morgan fingerprint density at radius 1 is 1.09 bits per heavy atom. The molecule has 3 aromatic rings. The molecule has 0 N–H and O–H groups in total. The summed E-state index contributed by atoms with van der Waals surface area (Å²) in [5.41, 5.74) is 0.0152. The van der Waals surface area contributed by atoms with Crippen molar-refractivity contribution >= 4 is 5.91 Å². The van der Waals surface area contributed by atoms with Crippen LogP contribution in [0.15, 0.2) is 47.0 Å². The van der Waals surface area contributed by atoms with E-state index in [4.69, 9.17) is 18.7 Å². The van der Waals surface area contributed by atoms with Gasteiger partial charge in [-0.1, -0.05) is 5.16 Å². The highest BCUT2D eigenvalue weighted by Gasteiger charge is 2.30. The van der Waals surface area contributed by atoms with Crippen molar-refractivity contribution in [3.05, 3.63) is 59.5 Å². The summed E-state index contributed by atoms with van der Waals surface area (Å²) >= 11 is 0. The van der Waals surface area contributed by atoms with Crippen LogP contribution in [0.2, 0.25) is 0 Å². The minimum absolute atomic E-state index is 0.144. The molecule has 0 unspecified atom stereocenters. The van der Waals surface area contributed by atoms with E-state index in [-0.39, 0.29) is 38.5 Å². The van der Waals surface area contributed by atoms with E-state index in [1.807, 2.05) is 0 Å². The van der Waals surface area contributed by atoms with Crippen LogP contribution >= 0.6 is 0 Å². The molecule has 0 spiro atoms. The monoisotopic (exact) mass is 463 g/mol. The number of aromatic nitrogens is 2. The first-order valence-electron chi connectivity index (χ1n) is 10.0. The third-order valence-electron chi connectivity index (χ3n) is 5.01. The molecule has 0 aliphatic carbocycles. The van der Waals surface area contributed by atoms with Gasteiger partial charge in [-0.25, -0.2) is 0 Å². The van der Waals surface area contributed by atoms with Crippen LogP contribution in [-0.4, -0.2) is 54.5 Å². The molecule has 0 fully saturated rings. The Kier molecular flexibility index (Phi) is 6.50. The predicted molar refractivity (Wildman–Crippen MR) is 109 cm³/mol. The Hall–Kier alpha value is -3.60. The van der Waals surface area contributed by atoms with Crippen molar-refractivity contribution < 1.29 is 36.7 Å². The summed E-state index contributed by atoms with van der Waals surface area (Å²) in [6.07, 6.45) is -4.21. The molecule has 174 valence electrons. The lowest BCUT2D eigenvalue weighted by atomic mass is 10.1. The van der Waals surface area contributed by atoms with Crippen LogP contribution in [-0.2, 0) is 17.3 Å². The lowest BCUT2D eigenvalue weighted by molar-refractivity contribution is -0.137. The lowest BCUT2D eigenvalue weighted by Crippen LogP contribution is -2.35. The van der Waals surface area contributed by atoms with Gasteiger partial charge in [0.1, 0.15) is 0 Å². The van der Waals surface area contributed by atoms with Crippen LogP contribution in [0.4, 0.5) is 13.2 Å². The molecule has 0 saturated carbocycles. The Bertz CT molecular complexity index is 1120. The van der Waals surface area contributed by atoms with Crippen molar-refractivity contribution in [3.8, 4) is 22.9 Å². The molecule has 2 aromatic carbocycles. The molecule has 0 saturated heterocycles. The van der Waals surface area contributed by atoms with Gasteiger partial charge in [0.05, 0.1) is 12.2 Å². The van der Waals surface area contributed by atoms with Gasteiger partial charge in [-0.2, -0.15) is 18.2 Å². The molecule has 8 nitrogen and oxygen atoms in total. The van der Waals surface area contributed by atoms with E-state index in [1.165, 1.54) is 12.0 Å². The molecule has 0 bridgehead atoms. The molecule has 1 amide bonds. The van der Waals surface area contributed by atoms with E-state index >= 15 is 0 Å². The number of carbonyl (C=O) groups excluding carboxylic acids is 1. The number of amides is 1. The molecule has 1 aromatic heterocycles. The third kappa shape index (κ3) is 5.25. The van der Waals surface area contributed by atoms with Crippen molar-refractivity contribution in [2.24, 2.45) is 0 Å². The van der Waals surface area contributed by atoms with Crippen molar-refractivity contribution in [1.29, 1.82) is 0 Å². The topological polar surface area (TPSA) is 86.9 Å². The zero-order chi connectivity index (χ0) is 23.4. The van der Waals surface area contributed by atoms with Gasteiger partial charge in [-0.3, -0.25) is 4.79 Å². The van der Waals surface area contributed by atoms with Crippen LogP contribution in [0.25, 0.3) is 11.4 Å². The first-order valence-corrected chi connectivity index (χ1v) is 10.0. The SMILES string of the molecule is COCCN(CCc1nc(-c2ccc3c(c2)OCO3)no1)C(=O)c1ccc(C(F)(F)F)cc1. The molecule has 11 heteroatoms. The van der Waals surface area contributed by atoms with E-state index in [0.717, 1.165) is 24.3 Å². The standard InChI is InChI=1S/C22H20F3N3O5/c1-30-11-10-28(21(29)14-2-5-16(6-3-14)22(23,24)25)9-8-19-26-20(27-33-19)15-4-7-17-18(12-15)32-13-31-17/h2-7,12H,8-11,13H2,1H3. The molecule has 2 heterocycles. The number of hydrogen-bond donors (Lipinski definition) is 0. The molecule has 0 atom stereocenters. The van der Waals surface area contributed by atoms with Crippen LogP contribution in [0.5, 0.6) is 11.5 Å². The summed E-state index contributed by atoms with van der Waals surface area (Å²) < 4.78 is 59.4. The highest BCUT2D eigenvalue weighted by atomic mass is 19.4. The van der Waals surface area contributed by atoms with Gasteiger partial charge in [0.25, 0.3) is 5.91 Å². The van der Waals surface area contributed by atoms with Gasteiger partial charge in [0.2, 0.25) is 18.5 Å². The number of alkyl halides is 3. The predicted octanol–water partition coefficient (Wildman–Crippen LogP) is 3.82. The molecule has 33 heavy (non-hydrogen) atoms. The van der Waals surface area contributed by atoms with E-state index in [1.54, 1.807) is 18.2 Å². The van der Waals surface area contributed by atoms with Gasteiger partial charge in [0, 0.05) is 37.7 Å². The second-order valence-corrected chi connectivity index (χ2v) is 7.19. The zero-order valence-corrected chi connectivity index (χ0v) is 17.6. The smallest absolute Gasteiger partial charge is 0.416 e. The minimum Gasteiger partial charge on any atom is -0.454 e. The number of hydrogen-bond acceptors (Lipinski definition) is 7. The number of carbonyl (C=O) groups is 1. The fraction of sp³-hybridized carbons (Fsp3) is 0.318. The van der Waals surface area contributed by atoms with Crippen molar-refractivity contribution in [2.75, 3.05) is 33.6 Å². The molecule has 4 rings (SSSR count). The van der Waals surface area contributed by atoms with Gasteiger partial charge in [-0.05, 0) is 42.5 Å². The Morgan fingerprint density at radius 2 is 1.85 bits per heavy atom. The number of nitrogens with zero attached hydrogens (tertiary/aromatic N) is 3. The molecule has 1 aliphatic rings.